The zero-order valence-corrected chi connectivity index (χ0v) is 16.2. The van der Waals surface area contributed by atoms with Gasteiger partial charge in [-0.15, -0.1) is 24.0 Å². The number of nitrogens with one attached hydrogen (secondary N) is 1. The van der Waals surface area contributed by atoms with Gasteiger partial charge < -0.3 is 15.4 Å². The summed E-state index contributed by atoms with van der Waals surface area (Å²) in [5, 5.41) is 0. The highest BCUT2D eigenvalue weighted by Gasteiger charge is 2.18. The van der Waals surface area contributed by atoms with Crippen LogP contribution in [0.1, 0.15) is 6.92 Å². The van der Waals surface area contributed by atoms with Gasteiger partial charge in [0.15, 0.2) is 5.96 Å². The van der Waals surface area contributed by atoms with Crippen molar-refractivity contribution >= 4 is 40.0 Å². The van der Waals surface area contributed by atoms with Gasteiger partial charge in [0.2, 0.25) is 10.0 Å². The van der Waals surface area contributed by atoms with Crippen LogP contribution < -0.4 is 10.5 Å². The fraction of sp³-hybridized carbons (Fsp3) is 0.500. The van der Waals surface area contributed by atoms with Crippen molar-refractivity contribution in [2.45, 2.75) is 17.9 Å². The highest BCUT2D eigenvalue weighted by Crippen LogP contribution is 2.06. The van der Waals surface area contributed by atoms with E-state index < -0.39 is 10.0 Å². The van der Waals surface area contributed by atoms with Crippen molar-refractivity contribution in [2.75, 3.05) is 32.8 Å². The summed E-state index contributed by atoms with van der Waals surface area (Å²) in [4.78, 5) is 6.41. The lowest BCUT2D eigenvalue weighted by Gasteiger charge is -2.31. The Labute approximate surface area is 154 Å². The minimum atomic E-state index is -3.49. The van der Waals surface area contributed by atoms with E-state index in [-0.39, 0.29) is 41.5 Å². The maximum atomic E-state index is 12.0. The molecule has 1 saturated heterocycles. The van der Waals surface area contributed by atoms with Crippen LogP contribution in [0, 0.1) is 0 Å². The Morgan fingerprint density at radius 1 is 1.43 bits per heavy atom. The third-order valence-electron chi connectivity index (χ3n) is 3.30. The van der Waals surface area contributed by atoms with Crippen LogP contribution in [0.15, 0.2) is 40.2 Å². The normalized spacial score (nSPS) is 19.3. The molecule has 0 amide bonds. The van der Waals surface area contributed by atoms with Crippen LogP contribution in [0.2, 0.25) is 0 Å². The molecular formula is C14H23IN4O3S. The molecule has 0 spiro atoms. The molecule has 1 aliphatic rings. The summed E-state index contributed by atoms with van der Waals surface area (Å²) in [6.45, 7) is 4.51. The van der Waals surface area contributed by atoms with Crippen LogP contribution in [0.25, 0.3) is 0 Å². The van der Waals surface area contributed by atoms with Crippen molar-refractivity contribution < 1.29 is 13.2 Å². The molecule has 0 aliphatic carbocycles. The Hall–Kier alpha value is -0.910. The van der Waals surface area contributed by atoms with Crippen molar-refractivity contribution in [2.24, 2.45) is 10.7 Å². The molecule has 9 heteroatoms. The number of ether oxygens (including phenoxy) is 1. The van der Waals surface area contributed by atoms with E-state index in [4.69, 9.17) is 10.5 Å². The molecule has 0 bridgehead atoms. The number of rotatable bonds is 5. The number of hydrogen-bond donors (Lipinski definition) is 2. The van der Waals surface area contributed by atoms with E-state index in [2.05, 4.69) is 9.71 Å². The average Bonchev–Trinajstić information content (AvgIpc) is 2.52. The van der Waals surface area contributed by atoms with E-state index in [1.54, 1.807) is 30.3 Å². The number of nitrogens with zero attached hydrogens (tertiary/aromatic N) is 2. The summed E-state index contributed by atoms with van der Waals surface area (Å²) >= 11 is 0. The van der Waals surface area contributed by atoms with Gasteiger partial charge in [-0.2, -0.15) is 0 Å². The van der Waals surface area contributed by atoms with E-state index in [0.29, 0.717) is 32.2 Å². The second-order valence-corrected chi connectivity index (χ2v) is 6.85. The summed E-state index contributed by atoms with van der Waals surface area (Å²) in [6, 6.07) is 8.24. The van der Waals surface area contributed by atoms with Gasteiger partial charge in [0.25, 0.3) is 0 Å². The Kier molecular flexibility index (Phi) is 8.23. The molecule has 130 valence electrons. The second-order valence-electron chi connectivity index (χ2n) is 5.08. The minimum Gasteiger partial charge on any atom is -0.375 e. The Balaban J connectivity index is 0.00000264. The molecule has 1 aliphatic heterocycles. The molecule has 0 aromatic heterocycles. The van der Waals surface area contributed by atoms with Crippen molar-refractivity contribution in [3.05, 3.63) is 30.3 Å². The SMILES string of the molecule is CC1CN(C(N)=NCCNS(=O)(=O)c2ccccc2)CCO1.I. The molecule has 1 atom stereocenters. The Bertz CT molecular complexity index is 610. The van der Waals surface area contributed by atoms with Gasteiger partial charge in [-0.3, -0.25) is 4.99 Å². The highest BCUT2D eigenvalue weighted by atomic mass is 127. The predicted octanol–water partition coefficient (Wildman–Crippen LogP) is 0.618. The molecule has 1 aromatic carbocycles. The van der Waals surface area contributed by atoms with Crippen molar-refractivity contribution in [1.82, 2.24) is 9.62 Å². The number of nitrogens with two attached hydrogens (primary N) is 1. The van der Waals surface area contributed by atoms with E-state index in [0.717, 1.165) is 0 Å². The van der Waals surface area contributed by atoms with E-state index in [1.165, 1.54) is 0 Å². The van der Waals surface area contributed by atoms with Gasteiger partial charge in [-0.05, 0) is 19.1 Å². The Morgan fingerprint density at radius 2 is 2.13 bits per heavy atom. The number of aliphatic imine (C=N–C) groups is 1. The van der Waals surface area contributed by atoms with E-state index in [1.807, 2.05) is 11.8 Å². The van der Waals surface area contributed by atoms with Crippen LogP contribution in [-0.2, 0) is 14.8 Å². The van der Waals surface area contributed by atoms with Crippen LogP contribution >= 0.6 is 24.0 Å². The van der Waals surface area contributed by atoms with Crippen molar-refractivity contribution in [1.29, 1.82) is 0 Å². The molecule has 23 heavy (non-hydrogen) atoms. The monoisotopic (exact) mass is 454 g/mol. The standard InChI is InChI=1S/C14H22N4O3S.HI/c1-12-11-18(9-10-21-12)14(15)16-7-8-17-22(19,20)13-5-3-2-4-6-13;/h2-6,12,17H,7-11H2,1H3,(H2,15,16);1H. The largest absolute Gasteiger partial charge is 0.375 e. The number of benzene rings is 1. The molecule has 1 aromatic rings. The summed E-state index contributed by atoms with van der Waals surface area (Å²) in [5.41, 5.74) is 5.91. The third-order valence-corrected chi connectivity index (χ3v) is 4.77. The Morgan fingerprint density at radius 3 is 2.78 bits per heavy atom. The fourth-order valence-corrected chi connectivity index (χ4v) is 3.20. The van der Waals surface area contributed by atoms with Crippen molar-refractivity contribution in [3.63, 3.8) is 0 Å². The number of hydrogen-bond acceptors (Lipinski definition) is 4. The molecule has 1 unspecified atom stereocenters. The molecule has 1 heterocycles. The van der Waals surface area contributed by atoms with Gasteiger partial charge in [0, 0.05) is 19.6 Å². The molecule has 3 N–H and O–H groups in total. The van der Waals surface area contributed by atoms with E-state index in [9.17, 15) is 8.42 Å². The molecule has 0 saturated carbocycles. The first-order chi connectivity index (χ1) is 10.5. The van der Waals surface area contributed by atoms with Crippen LogP contribution in [0.5, 0.6) is 0 Å². The smallest absolute Gasteiger partial charge is 0.240 e. The lowest BCUT2D eigenvalue weighted by Crippen LogP contribution is -2.48. The summed E-state index contributed by atoms with van der Waals surface area (Å²) in [6.07, 6.45) is 0.124. The average molecular weight is 454 g/mol. The number of guanidine groups is 1. The van der Waals surface area contributed by atoms with Gasteiger partial charge in [0.05, 0.1) is 24.2 Å². The summed E-state index contributed by atoms with van der Waals surface area (Å²) < 4.78 is 31.9. The lowest BCUT2D eigenvalue weighted by atomic mass is 10.3. The number of halogens is 1. The lowest BCUT2D eigenvalue weighted by molar-refractivity contribution is 0.00530. The molecule has 0 radical (unpaired) electrons. The fourth-order valence-electron chi connectivity index (χ4n) is 2.16. The third kappa shape index (κ3) is 6.24. The van der Waals surface area contributed by atoms with Gasteiger partial charge in [0.1, 0.15) is 0 Å². The zero-order valence-electron chi connectivity index (χ0n) is 13.0. The molecular weight excluding hydrogens is 431 g/mol. The first-order valence-corrected chi connectivity index (χ1v) is 8.68. The number of sulfonamides is 1. The molecule has 2 rings (SSSR count). The first kappa shape index (κ1) is 20.1. The quantitative estimate of drug-likeness (QED) is 0.294. The highest BCUT2D eigenvalue weighted by molar-refractivity contribution is 14.0. The topological polar surface area (TPSA) is 97.0 Å². The maximum Gasteiger partial charge on any atom is 0.240 e. The van der Waals surface area contributed by atoms with Crippen molar-refractivity contribution in [3.8, 4) is 0 Å². The maximum absolute atomic E-state index is 12.0. The zero-order chi connectivity index (χ0) is 16.0. The van der Waals surface area contributed by atoms with Gasteiger partial charge >= 0.3 is 0 Å². The van der Waals surface area contributed by atoms with Crippen LogP contribution in [0.4, 0.5) is 0 Å². The van der Waals surface area contributed by atoms with E-state index >= 15 is 0 Å². The molecule has 7 nitrogen and oxygen atoms in total. The van der Waals surface area contributed by atoms with Gasteiger partial charge in [-0.25, -0.2) is 13.1 Å². The second kappa shape index (κ2) is 9.40. The molecule has 1 fully saturated rings. The van der Waals surface area contributed by atoms with Crippen LogP contribution in [0.3, 0.4) is 0 Å². The number of morpholine rings is 1. The minimum absolute atomic E-state index is 0. The van der Waals surface area contributed by atoms with Crippen LogP contribution in [-0.4, -0.2) is 58.2 Å². The summed E-state index contributed by atoms with van der Waals surface area (Å²) in [7, 11) is -3.49. The summed E-state index contributed by atoms with van der Waals surface area (Å²) in [5.74, 6) is 0.425. The first-order valence-electron chi connectivity index (χ1n) is 7.20. The predicted molar refractivity (Wildman–Crippen MR) is 101 cm³/mol. The van der Waals surface area contributed by atoms with Gasteiger partial charge in [-0.1, -0.05) is 18.2 Å².